The van der Waals surface area contributed by atoms with E-state index in [9.17, 15) is 19.7 Å². The van der Waals surface area contributed by atoms with Crippen LogP contribution in [0.15, 0.2) is 4.79 Å². The lowest BCUT2D eigenvalue weighted by Crippen LogP contribution is -2.24. The van der Waals surface area contributed by atoms with Gasteiger partial charge in [0.2, 0.25) is 0 Å². The number of rotatable bonds is 4. The summed E-state index contributed by atoms with van der Waals surface area (Å²) in [6.07, 6.45) is 0.0758. The first-order chi connectivity index (χ1) is 6.93. The normalized spacial score (nSPS) is 10.3. The second-order valence-electron chi connectivity index (χ2n) is 3.07. The lowest BCUT2D eigenvalue weighted by Gasteiger charge is -1.96. The average Bonchev–Trinajstić information content (AvgIpc) is 2.41. The molecule has 0 aliphatic carbocycles. The summed E-state index contributed by atoms with van der Waals surface area (Å²) in [5, 5.41) is 14.0. The Hall–Kier alpha value is -1.99. The number of hydrogen-bond acceptors (Lipinski definition) is 5. The molecular formula is C7H10N4O4. The summed E-state index contributed by atoms with van der Waals surface area (Å²) in [5.74, 6) is -0.677. The van der Waals surface area contributed by atoms with E-state index in [0.717, 1.165) is 9.25 Å². The molecule has 1 aromatic heterocycles. The van der Waals surface area contributed by atoms with Crippen molar-refractivity contribution in [2.45, 2.75) is 19.9 Å². The average molecular weight is 214 g/mol. The van der Waals surface area contributed by atoms with E-state index in [2.05, 4.69) is 5.10 Å². The van der Waals surface area contributed by atoms with Gasteiger partial charge in [0.05, 0.1) is 13.6 Å². The van der Waals surface area contributed by atoms with E-state index in [-0.39, 0.29) is 18.7 Å². The Morgan fingerprint density at radius 3 is 2.67 bits per heavy atom. The van der Waals surface area contributed by atoms with E-state index in [1.165, 1.54) is 14.0 Å². The predicted molar refractivity (Wildman–Crippen MR) is 49.4 cm³/mol. The largest absolute Gasteiger partial charge is 0.459 e. The van der Waals surface area contributed by atoms with Crippen molar-refractivity contribution in [2.24, 2.45) is 7.05 Å². The van der Waals surface area contributed by atoms with Crippen molar-refractivity contribution in [1.29, 1.82) is 0 Å². The molecule has 8 nitrogen and oxygen atoms in total. The van der Waals surface area contributed by atoms with Crippen molar-refractivity contribution >= 4 is 11.7 Å². The molecule has 1 aromatic rings. The van der Waals surface area contributed by atoms with Crippen LogP contribution in [-0.2, 0) is 18.4 Å². The van der Waals surface area contributed by atoms with E-state index in [0.29, 0.717) is 0 Å². The van der Waals surface area contributed by atoms with E-state index < -0.39 is 16.6 Å². The smallest absolute Gasteiger partial charge is 0.390 e. The van der Waals surface area contributed by atoms with Gasteiger partial charge in [0.15, 0.2) is 0 Å². The van der Waals surface area contributed by atoms with Crippen LogP contribution in [0.3, 0.4) is 0 Å². The third-order valence-corrected chi connectivity index (χ3v) is 1.84. The van der Waals surface area contributed by atoms with Crippen LogP contribution in [0.1, 0.15) is 13.3 Å². The van der Waals surface area contributed by atoms with Crippen LogP contribution in [0, 0.1) is 10.1 Å². The fourth-order valence-electron chi connectivity index (χ4n) is 1.09. The van der Waals surface area contributed by atoms with Crippen LogP contribution in [0.4, 0.5) is 5.95 Å². The SMILES string of the molecule is CC(=O)CCn1c([N+](=O)[O-])nn(C)c1=O. The van der Waals surface area contributed by atoms with Gasteiger partial charge in [-0.25, -0.2) is 4.79 Å². The van der Waals surface area contributed by atoms with Crippen LogP contribution < -0.4 is 5.69 Å². The summed E-state index contributed by atoms with van der Waals surface area (Å²) in [6.45, 7) is 1.34. The van der Waals surface area contributed by atoms with Gasteiger partial charge in [-0.1, -0.05) is 0 Å². The Kier molecular flexibility index (Phi) is 2.98. The van der Waals surface area contributed by atoms with E-state index >= 15 is 0 Å². The van der Waals surface area contributed by atoms with Crippen molar-refractivity contribution < 1.29 is 9.72 Å². The highest BCUT2D eigenvalue weighted by atomic mass is 16.6. The number of Topliss-reactive ketones (excluding diaryl/α,β-unsaturated/α-hetero) is 1. The van der Waals surface area contributed by atoms with Crippen LogP contribution in [0.2, 0.25) is 0 Å². The van der Waals surface area contributed by atoms with Gasteiger partial charge >= 0.3 is 11.6 Å². The first kappa shape index (κ1) is 11.1. The number of aromatic nitrogens is 3. The fourth-order valence-corrected chi connectivity index (χ4v) is 1.09. The maximum Gasteiger partial charge on any atom is 0.459 e. The van der Waals surface area contributed by atoms with Crippen molar-refractivity contribution in [3.05, 3.63) is 20.6 Å². The molecule has 0 fully saturated rings. The van der Waals surface area contributed by atoms with Gasteiger partial charge in [0.1, 0.15) is 5.78 Å². The second-order valence-corrected chi connectivity index (χ2v) is 3.07. The molecule has 8 heteroatoms. The van der Waals surface area contributed by atoms with Gasteiger partial charge in [-0.05, 0) is 11.8 Å². The van der Waals surface area contributed by atoms with Crippen molar-refractivity contribution in [3.63, 3.8) is 0 Å². The summed E-state index contributed by atoms with van der Waals surface area (Å²) in [7, 11) is 1.32. The molecule has 0 spiro atoms. The molecule has 82 valence electrons. The van der Waals surface area contributed by atoms with Gasteiger partial charge in [-0.2, -0.15) is 4.57 Å². The Bertz CT molecular complexity index is 458. The van der Waals surface area contributed by atoms with Gasteiger partial charge in [-0.15, -0.1) is 4.68 Å². The first-order valence-corrected chi connectivity index (χ1v) is 4.21. The van der Waals surface area contributed by atoms with Gasteiger partial charge in [0, 0.05) is 11.5 Å². The molecule has 0 atom stereocenters. The van der Waals surface area contributed by atoms with Crippen molar-refractivity contribution in [2.75, 3.05) is 0 Å². The molecule has 15 heavy (non-hydrogen) atoms. The second kappa shape index (κ2) is 4.03. The minimum absolute atomic E-state index is 0.0156. The molecule has 0 bridgehead atoms. The quantitative estimate of drug-likeness (QED) is 0.495. The summed E-state index contributed by atoms with van der Waals surface area (Å²) >= 11 is 0. The lowest BCUT2D eigenvalue weighted by molar-refractivity contribution is -0.397. The Morgan fingerprint density at radius 1 is 1.60 bits per heavy atom. The maximum absolute atomic E-state index is 11.4. The third kappa shape index (κ3) is 2.27. The molecule has 0 N–H and O–H groups in total. The number of nitrogens with zero attached hydrogens (tertiary/aromatic N) is 4. The molecule has 0 aromatic carbocycles. The zero-order valence-corrected chi connectivity index (χ0v) is 8.34. The number of ketones is 1. The molecular weight excluding hydrogens is 204 g/mol. The Morgan fingerprint density at radius 2 is 2.20 bits per heavy atom. The zero-order valence-electron chi connectivity index (χ0n) is 8.34. The molecule has 0 aliphatic rings. The minimum Gasteiger partial charge on any atom is -0.390 e. The monoisotopic (exact) mass is 214 g/mol. The number of nitro groups is 1. The van der Waals surface area contributed by atoms with Crippen LogP contribution in [0.5, 0.6) is 0 Å². The number of aryl methyl sites for hydroxylation is 1. The summed E-state index contributed by atoms with van der Waals surface area (Å²) < 4.78 is 1.75. The van der Waals surface area contributed by atoms with Crippen molar-refractivity contribution in [3.8, 4) is 0 Å². The highest BCUT2D eigenvalue weighted by molar-refractivity contribution is 5.75. The molecule has 0 saturated heterocycles. The molecule has 1 rings (SSSR count). The van der Waals surface area contributed by atoms with Gasteiger partial charge < -0.3 is 10.1 Å². The van der Waals surface area contributed by atoms with Crippen LogP contribution in [0.25, 0.3) is 0 Å². The highest BCUT2D eigenvalue weighted by Gasteiger charge is 2.22. The molecule has 0 aliphatic heterocycles. The third-order valence-electron chi connectivity index (χ3n) is 1.84. The fraction of sp³-hybridized carbons (Fsp3) is 0.571. The predicted octanol–water partition coefficient (Wildman–Crippen LogP) is -0.531. The Labute approximate surface area is 84.3 Å². The molecule has 0 radical (unpaired) electrons. The van der Waals surface area contributed by atoms with Gasteiger partial charge in [-0.3, -0.25) is 4.79 Å². The minimum atomic E-state index is -0.748. The summed E-state index contributed by atoms with van der Waals surface area (Å²) in [6, 6.07) is 0. The van der Waals surface area contributed by atoms with E-state index in [4.69, 9.17) is 0 Å². The standard InChI is InChI=1S/C7H10N4O4/c1-5(12)3-4-10-6(11(14)15)8-9(2)7(10)13/h3-4H2,1-2H3. The van der Waals surface area contributed by atoms with Gasteiger partial charge in [0.25, 0.3) is 0 Å². The van der Waals surface area contributed by atoms with E-state index in [1.54, 1.807) is 0 Å². The summed E-state index contributed by atoms with van der Waals surface area (Å²) in [4.78, 5) is 31.8. The first-order valence-electron chi connectivity index (χ1n) is 4.21. The number of carbonyl (C=O) groups is 1. The highest BCUT2D eigenvalue weighted by Crippen LogP contribution is 2.04. The molecule has 0 saturated carbocycles. The Balaban J connectivity index is 3.08. The molecule has 1 heterocycles. The molecule has 0 unspecified atom stereocenters. The zero-order chi connectivity index (χ0) is 11.6. The maximum atomic E-state index is 11.4. The van der Waals surface area contributed by atoms with Crippen LogP contribution >= 0.6 is 0 Å². The molecule has 0 amide bonds. The number of carbonyl (C=O) groups excluding carboxylic acids is 1. The van der Waals surface area contributed by atoms with Crippen molar-refractivity contribution in [1.82, 2.24) is 14.3 Å². The topological polar surface area (TPSA) is 100 Å². The van der Waals surface area contributed by atoms with E-state index in [1.807, 2.05) is 0 Å². The number of hydrogen-bond donors (Lipinski definition) is 0. The summed E-state index contributed by atoms with van der Waals surface area (Å²) in [5.41, 5.74) is -0.594. The van der Waals surface area contributed by atoms with Crippen LogP contribution in [-0.4, -0.2) is 25.1 Å². The lowest BCUT2D eigenvalue weighted by atomic mass is 10.3.